The lowest BCUT2D eigenvalue weighted by Crippen LogP contribution is -2.41. The van der Waals surface area contributed by atoms with Gasteiger partial charge in [-0.25, -0.2) is 8.42 Å². The van der Waals surface area contributed by atoms with Crippen molar-refractivity contribution < 1.29 is 27.5 Å². The summed E-state index contributed by atoms with van der Waals surface area (Å²) in [5.41, 5.74) is 1.64. The largest absolute Gasteiger partial charge is 0.494 e. The Morgan fingerprint density at radius 2 is 1.79 bits per heavy atom. The van der Waals surface area contributed by atoms with Crippen molar-refractivity contribution >= 4 is 27.6 Å². The van der Waals surface area contributed by atoms with Gasteiger partial charge in [0.05, 0.1) is 17.4 Å². The zero-order valence-electron chi connectivity index (χ0n) is 19.1. The molecule has 178 valence electrons. The third kappa shape index (κ3) is 6.33. The molecule has 0 bridgehead atoms. The van der Waals surface area contributed by atoms with Gasteiger partial charge >= 0.3 is 5.97 Å². The average Bonchev–Trinajstić information content (AvgIpc) is 2.79. The van der Waals surface area contributed by atoms with Crippen LogP contribution in [0.5, 0.6) is 5.75 Å². The maximum Gasteiger partial charge on any atom is 0.309 e. The van der Waals surface area contributed by atoms with Crippen molar-refractivity contribution in [2.45, 2.75) is 44.6 Å². The van der Waals surface area contributed by atoms with Gasteiger partial charge in [-0.1, -0.05) is 12.1 Å². The van der Waals surface area contributed by atoms with Gasteiger partial charge in [0.25, 0.3) is 5.91 Å². The lowest BCUT2D eigenvalue weighted by Gasteiger charge is -2.30. The minimum Gasteiger partial charge on any atom is -0.494 e. The number of amides is 1. The van der Waals surface area contributed by atoms with Crippen LogP contribution in [-0.4, -0.2) is 50.4 Å². The van der Waals surface area contributed by atoms with E-state index in [9.17, 15) is 18.0 Å². The lowest BCUT2D eigenvalue weighted by molar-refractivity contribution is -0.158. The molecule has 2 aromatic carbocycles. The van der Waals surface area contributed by atoms with E-state index in [1.165, 1.54) is 23.4 Å². The molecule has 9 heteroatoms. The second-order valence-corrected chi connectivity index (χ2v) is 9.96. The molecule has 1 aliphatic rings. The van der Waals surface area contributed by atoms with Crippen LogP contribution < -0.4 is 10.1 Å². The summed E-state index contributed by atoms with van der Waals surface area (Å²) in [4.78, 5) is 25.1. The number of hydrogen-bond acceptors (Lipinski definition) is 6. The Hall–Kier alpha value is -2.91. The molecule has 0 aliphatic carbocycles. The van der Waals surface area contributed by atoms with Crippen LogP contribution in [0.2, 0.25) is 0 Å². The van der Waals surface area contributed by atoms with Crippen molar-refractivity contribution in [3.8, 4) is 5.75 Å². The fourth-order valence-electron chi connectivity index (χ4n) is 3.65. The van der Waals surface area contributed by atoms with Crippen LogP contribution in [0.15, 0.2) is 53.4 Å². The van der Waals surface area contributed by atoms with Gasteiger partial charge in [-0.15, -0.1) is 0 Å². The van der Waals surface area contributed by atoms with E-state index in [2.05, 4.69) is 5.32 Å². The number of anilines is 1. The van der Waals surface area contributed by atoms with Crippen molar-refractivity contribution in [3.05, 3.63) is 54.1 Å². The molecule has 0 radical (unpaired) electrons. The summed E-state index contributed by atoms with van der Waals surface area (Å²) in [5, 5.41) is 2.74. The molecule has 1 atom stereocenters. The fourth-order valence-corrected chi connectivity index (χ4v) is 5.12. The van der Waals surface area contributed by atoms with E-state index in [0.29, 0.717) is 30.9 Å². The molecule has 1 heterocycles. The summed E-state index contributed by atoms with van der Waals surface area (Å²) in [6.45, 7) is 6.22. The highest BCUT2D eigenvalue weighted by molar-refractivity contribution is 7.89. The Labute approximate surface area is 194 Å². The molecular weight excluding hydrogens is 444 g/mol. The third-order valence-corrected chi connectivity index (χ3v) is 7.42. The van der Waals surface area contributed by atoms with Crippen LogP contribution in [0.1, 0.15) is 32.3 Å². The third-order valence-electron chi connectivity index (χ3n) is 5.51. The number of nitrogens with one attached hydrogen (secondary N) is 1. The second-order valence-electron chi connectivity index (χ2n) is 8.02. The first-order valence-electron chi connectivity index (χ1n) is 11.0. The SMILES string of the molecule is CCOc1ccc(S(=O)(=O)N2CCC(C(=O)OC(C)C(=O)Nc3cccc(C)c3)CC2)cc1. The van der Waals surface area contributed by atoms with Crippen LogP contribution in [0.4, 0.5) is 5.69 Å². The first kappa shape index (κ1) is 24.7. The summed E-state index contributed by atoms with van der Waals surface area (Å²) < 4.78 is 37.9. The topological polar surface area (TPSA) is 102 Å². The van der Waals surface area contributed by atoms with Crippen LogP contribution >= 0.6 is 0 Å². The van der Waals surface area contributed by atoms with Crippen molar-refractivity contribution in [1.82, 2.24) is 4.31 Å². The number of aryl methyl sites for hydroxylation is 1. The zero-order valence-corrected chi connectivity index (χ0v) is 19.9. The van der Waals surface area contributed by atoms with E-state index in [1.807, 2.05) is 32.0 Å². The van der Waals surface area contributed by atoms with Crippen LogP contribution in [0, 0.1) is 12.8 Å². The summed E-state index contributed by atoms with van der Waals surface area (Å²) in [7, 11) is -3.66. The molecule has 0 aromatic heterocycles. The lowest BCUT2D eigenvalue weighted by atomic mass is 9.98. The Morgan fingerprint density at radius 3 is 2.39 bits per heavy atom. The van der Waals surface area contributed by atoms with E-state index < -0.39 is 33.9 Å². The number of benzene rings is 2. The minimum absolute atomic E-state index is 0.188. The number of carbonyl (C=O) groups excluding carboxylic acids is 2. The highest BCUT2D eigenvalue weighted by Crippen LogP contribution is 2.26. The summed E-state index contributed by atoms with van der Waals surface area (Å²) in [5.74, 6) is -0.742. The van der Waals surface area contributed by atoms with Crippen LogP contribution in [-0.2, 0) is 24.3 Å². The predicted molar refractivity (Wildman–Crippen MR) is 124 cm³/mol. The fraction of sp³-hybridized carbons (Fsp3) is 0.417. The van der Waals surface area contributed by atoms with Gasteiger partial charge < -0.3 is 14.8 Å². The summed E-state index contributed by atoms with van der Waals surface area (Å²) >= 11 is 0. The highest BCUT2D eigenvalue weighted by Gasteiger charge is 2.34. The van der Waals surface area contributed by atoms with Gasteiger partial charge in [0.15, 0.2) is 6.10 Å². The summed E-state index contributed by atoms with van der Waals surface area (Å²) in [6, 6.07) is 13.6. The first-order chi connectivity index (χ1) is 15.7. The minimum atomic E-state index is -3.66. The maximum absolute atomic E-state index is 12.9. The monoisotopic (exact) mass is 474 g/mol. The Bertz CT molecular complexity index is 1080. The Kier molecular flexibility index (Phi) is 8.10. The smallest absolute Gasteiger partial charge is 0.309 e. The van der Waals surface area contributed by atoms with Gasteiger partial charge in [-0.2, -0.15) is 4.31 Å². The van der Waals surface area contributed by atoms with Crippen molar-refractivity contribution in [1.29, 1.82) is 0 Å². The predicted octanol–water partition coefficient (Wildman–Crippen LogP) is 3.36. The van der Waals surface area contributed by atoms with Crippen molar-refractivity contribution in [2.24, 2.45) is 5.92 Å². The molecule has 1 saturated heterocycles. The molecule has 33 heavy (non-hydrogen) atoms. The Morgan fingerprint density at radius 1 is 1.12 bits per heavy atom. The number of sulfonamides is 1. The molecule has 1 aliphatic heterocycles. The first-order valence-corrected chi connectivity index (χ1v) is 12.5. The van der Waals surface area contributed by atoms with Crippen molar-refractivity contribution in [3.63, 3.8) is 0 Å². The molecule has 1 fully saturated rings. The normalized spacial score (nSPS) is 16.1. The number of carbonyl (C=O) groups is 2. The van der Waals surface area contributed by atoms with E-state index in [-0.39, 0.29) is 18.0 Å². The quantitative estimate of drug-likeness (QED) is 0.589. The van der Waals surface area contributed by atoms with E-state index in [0.717, 1.165) is 5.56 Å². The highest BCUT2D eigenvalue weighted by atomic mass is 32.2. The van der Waals surface area contributed by atoms with E-state index in [4.69, 9.17) is 9.47 Å². The molecule has 1 N–H and O–H groups in total. The molecular formula is C24H30N2O6S. The Balaban J connectivity index is 1.52. The summed E-state index contributed by atoms with van der Waals surface area (Å²) in [6.07, 6.45) is -0.286. The molecule has 8 nitrogen and oxygen atoms in total. The van der Waals surface area contributed by atoms with Gasteiger partial charge in [-0.05, 0) is 75.6 Å². The molecule has 2 aromatic rings. The average molecular weight is 475 g/mol. The number of ether oxygens (including phenoxy) is 2. The molecule has 1 unspecified atom stereocenters. The van der Waals surface area contributed by atoms with Gasteiger partial charge in [0.1, 0.15) is 5.75 Å². The van der Waals surface area contributed by atoms with Gasteiger partial charge in [0.2, 0.25) is 10.0 Å². The number of esters is 1. The molecule has 1 amide bonds. The molecule has 0 saturated carbocycles. The van der Waals surface area contributed by atoms with Gasteiger partial charge in [-0.3, -0.25) is 9.59 Å². The zero-order chi connectivity index (χ0) is 24.0. The van der Waals surface area contributed by atoms with Crippen molar-refractivity contribution in [2.75, 3.05) is 25.0 Å². The van der Waals surface area contributed by atoms with E-state index >= 15 is 0 Å². The van der Waals surface area contributed by atoms with E-state index in [1.54, 1.807) is 18.2 Å². The molecule has 3 rings (SSSR count). The number of rotatable bonds is 8. The van der Waals surface area contributed by atoms with Crippen LogP contribution in [0.25, 0.3) is 0 Å². The number of piperidine rings is 1. The van der Waals surface area contributed by atoms with Gasteiger partial charge in [0, 0.05) is 18.8 Å². The standard InChI is InChI=1S/C24H30N2O6S/c1-4-31-21-8-10-22(11-9-21)33(29,30)26-14-12-19(13-15-26)24(28)32-18(3)23(27)25-20-7-5-6-17(2)16-20/h5-11,16,18-19H,4,12-15H2,1-3H3,(H,25,27). The maximum atomic E-state index is 12.9. The number of hydrogen-bond donors (Lipinski definition) is 1. The molecule has 0 spiro atoms. The second kappa shape index (κ2) is 10.8. The number of nitrogens with zero attached hydrogens (tertiary/aromatic N) is 1. The van der Waals surface area contributed by atoms with Crippen LogP contribution in [0.3, 0.4) is 0 Å².